The summed E-state index contributed by atoms with van der Waals surface area (Å²) in [6.07, 6.45) is 6.66. The number of hydrogen-bond donors (Lipinski definition) is 4. The van der Waals surface area contributed by atoms with Gasteiger partial charge in [0.1, 0.15) is 6.04 Å². The quantitative estimate of drug-likeness (QED) is 0.130. The fraction of sp³-hybridized carbons (Fsp3) is 0.356. The SMILES string of the molecule is CN1C(=O)[C@H](CCCCN)CC(=O)[C@H](CCCN)NCc2ccccc2Sc2ccc(-c3ccccc3)cc2CNC(=O)[C@@H]1CC1=CCc2ccccc21. The average Bonchev–Trinajstić information content (AvgIpc) is 3.61. The molecule has 1 aliphatic heterocycles. The lowest BCUT2D eigenvalue weighted by atomic mass is 9.90. The van der Waals surface area contributed by atoms with Crippen LogP contribution >= 0.6 is 11.8 Å². The third kappa shape index (κ3) is 9.76. The number of amides is 2. The Bertz CT molecular complexity index is 1950. The Kier molecular flexibility index (Phi) is 13.9. The summed E-state index contributed by atoms with van der Waals surface area (Å²) in [7, 11) is 1.72. The van der Waals surface area contributed by atoms with Gasteiger partial charge >= 0.3 is 0 Å². The number of nitrogens with zero attached hydrogens (tertiary/aromatic N) is 1. The van der Waals surface area contributed by atoms with E-state index in [-0.39, 0.29) is 30.6 Å². The summed E-state index contributed by atoms with van der Waals surface area (Å²) < 4.78 is 0. The van der Waals surface area contributed by atoms with E-state index >= 15 is 0 Å². The van der Waals surface area contributed by atoms with Crippen LogP contribution in [0, 0.1) is 5.92 Å². The summed E-state index contributed by atoms with van der Waals surface area (Å²) in [6, 6.07) is 31.9. The Balaban J connectivity index is 1.41. The van der Waals surface area contributed by atoms with Crippen molar-refractivity contribution in [2.45, 2.75) is 86.3 Å². The monoisotopic (exact) mass is 743 g/mol. The van der Waals surface area contributed by atoms with Crippen LogP contribution in [0.4, 0.5) is 0 Å². The van der Waals surface area contributed by atoms with Gasteiger partial charge in [0.15, 0.2) is 5.78 Å². The first-order valence-corrected chi connectivity index (χ1v) is 20.1. The van der Waals surface area contributed by atoms with Crippen LogP contribution in [0.2, 0.25) is 0 Å². The fourth-order valence-corrected chi connectivity index (χ4v) is 8.62. The number of hydrogen-bond acceptors (Lipinski definition) is 7. The topological polar surface area (TPSA) is 131 Å². The maximum Gasteiger partial charge on any atom is 0.243 e. The molecule has 6 N–H and O–H groups in total. The van der Waals surface area contributed by atoms with Crippen LogP contribution in [-0.2, 0) is 33.9 Å². The van der Waals surface area contributed by atoms with E-state index in [1.807, 2.05) is 42.5 Å². The Hall–Kier alpha value is -4.54. The van der Waals surface area contributed by atoms with Crippen molar-refractivity contribution in [1.82, 2.24) is 15.5 Å². The highest BCUT2D eigenvalue weighted by atomic mass is 32.2. The van der Waals surface area contributed by atoms with Gasteiger partial charge in [-0.1, -0.05) is 103 Å². The first-order valence-electron chi connectivity index (χ1n) is 19.3. The minimum Gasteiger partial charge on any atom is -0.350 e. The molecule has 2 aliphatic rings. The van der Waals surface area contributed by atoms with Crippen LogP contribution in [-0.4, -0.2) is 54.7 Å². The smallest absolute Gasteiger partial charge is 0.243 e. The summed E-state index contributed by atoms with van der Waals surface area (Å²) in [5.41, 5.74) is 19.4. The molecule has 0 unspecified atom stereocenters. The van der Waals surface area contributed by atoms with E-state index in [4.69, 9.17) is 11.5 Å². The van der Waals surface area contributed by atoms with Crippen LogP contribution in [0.15, 0.2) is 113 Å². The number of Topliss-reactive ketones (excluding diaryl/α,β-unsaturated/α-hetero) is 1. The van der Waals surface area contributed by atoms with Gasteiger partial charge in [0, 0.05) is 48.7 Å². The number of rotatable bonds is 10. The van der Waals surface area contributed by atoms with Crippen LogP contribution in [0.1, 0.15) is 67.2 Å². The van der Waals surface area contributed by atoms with Crippen molar-refractivity contribution >= 4 is 34.9 Å². The van der Waals surface area contributed by atoms with Crippen LogP contribution in [0.3, 0.4) is 0 Å². The number of carbonyl (C=O) groups is 3. The minimum absolute atomic E-state index is 0.00961. The Morgan fingerprint density at radius 3 is 2.26 bits per heavy atom. The molecule has 1 aliphatic carbocycles. The van der Waals surface area contributed by atoms with Gasteiger partial charge in [0.2, 0.25) is 11.8 Å². The van der Waals surface area contributed by atoms with Crippen LogP contribution in [0.5, 0.6) is 0 Å². The number of unbranched alkanes of at least 4 members (excludes halogenated alkanes) is 1. The van der Waals surface area contributed by atoms with E-state index in [1.54, 1.807) is 23.7 Å². The highest BCUT2D eigenvalue weighted by molar-refractivity contribution is 7.99. The van der Waals surface area contributed by atoms with E-state index in [1.165, 1.54) is 5.56 Å². The van der Waals surface area contributed by atoms with Gasteiger partial charge < -0.3 is 27.0 Å². The van der Waals surface area contributed by atoms with Crippen molar-refractivity contribution in [3.63, 3.8) is 0 Å². The molecule has 4 aromatic rings. The average molecular weight is 744 g/mol. The molecule has 8 nitrogen and oxygen atoms in total. The Labute approximate surface area is 324 Å². The zero-order valence-electron chi connectivity index (χ0n) is 31.3. The predicted molar refractivity (Wildman–Crippen MR) is 219 cm³/mol. The number of nitrogens with two attached hydrogens (primary N) is 2. The lowest BCUT2D eigenvalue weighted by Gasteiger charge is -2.32. The first kappa shape index (κ1) is 39.2. The second-order valence-corrected chi connectivity index (χ2v) is 15.5. The molecule has 9 heteroatoms. The standard InChI is InChI=1S/C45H53N5O3S/c1-50-40(27-34-21-20-32-14-5-7-17-38(32)34)44(52)49-30-37-26-33(31-12-3-2-4-13-31)22-23-43(37)54-42-19-8-6-16-36(42)29-48-39(18-11-25-47)41(51)28-35(45(50)53)15-9-10-24-46/h2-8,12-14,16-17,19,21-23,26,35,39-40,48H,9-11,15,18,20,24-25,27-30,46-47H2,1H3,(H,49,52)/t35-,39+,40+/m1/s1. The molecule has 0 bridgehead atoms. The molecular formula is C45H53N5O3S. The van der Waals surface area contributed by atoms with E-state index in [0.717, 1.165) is 62.4 Å². The second-order valence-electron chi connectivity index (χ2n) is 14.4. The van der Waals surface area contributed by atoms with Crippen LogP contribution in [0.25, 0.3) is 16.7 Å². The van der Waals surface area contributed by atoms with Crippen molar-refractivity contribution in [2.75, 3.05) is 20.1 Å². The van der Waals surface area contributed by atoms with Gasteiger partial charge in [-0.25, -0.2) is 0 Å². The number of carbonyl (C=O) groups excluding carboxylic acids is 3. The molecule has 0 saturated carbocycles. The molecule has 0 aromatic heterocycles. The van der Waals surface area contributed by atoms with Gasteiger partial charge in [-0.05, 0) is 102 Å². The van der Waals surface area contributed by atoms with Gasteiger partial charge in [-0.2, -0.15) is 0 Å². The number of fused-ring (bicyclic) bond motifs is 3. The normalized spacial score (nSPS) is 19.7. The second kappa shape index (κ2) is 19.2. The van der Waals surface area contributed by atoms with Crippen LogP contribution < -0.4 is 22.1 Å². The zero-order valence-corrected chi connectivity index (χ0v) is 32.1. The van der Waals surface area contributed by atoms with Crippen molar-refractivity contribution in [2.24, 2.45) is 17.4 Å². The van der Waals surface area contributed by atoms with E-state index in [0.29, 0.717) is 45.3 Å². The van der Waals surface area contributed by atoms with Gasteiger partial charge in [-0.15, -0.1) is 0 Å². The molecule has 54 heavy (non-hydrogen) atoms. The van der Waals surface area contributed by atoms with E-state index in [2.05, 4.69) is 71.3 Å². The van der Waals surface area contributed by atoms with Crippen molar-refractivity contribution in [3.8, 4) is 11.1 Å². The summed E-state index contributed by atoms with van der Waals surface area (Å²) in [6.45, 7) is 1.75. The largest absolute Gasteiger partial charge is 0.350 e. The van der Waals surface area contributed by atoms with E-state index in [9.17, 15) is 14.4 Å². The Morgan fingerprint density at radius 2 is 1.46 bits per heavy atom. The van der Waals surface area contributed by atoms with Crippen molar-refractivity contribution in [3.05, 3.63) is 125 Å². The fourth-order valence-electron chi connectivity index (χ4n) is 7.56. The van der Waals surface area contributed by atoms with Gasteiger partial charge in [-0.3, -0.25) is 14.4 Å². The molecule has 0 fully saturated rings. The molecule has 1 heterocycles. The van der Waals surface area contributed by atoms with Gasteiger partial charge in [0.05, 0.1) is 6.04 Å². The highest BCUT2D eigenvalue weighted by Crippen LogP contribution is 2.36. The molecule has 2 amide bonds. The number of nitrogens with one attached hydrogen (secondary N) is 2. The molecule has 3 atom stereocenters. The van der Waals surface area contributed by atoms with E-state index < -0.39 is 18.0 Å². The first-order chi connectivity index (χ1) is 26.4. The molecule has 4 aromatic carbocycles. The summed E-state index contributed by atoms with van der Waals surface area (Å²) in [5.74, 6) is -1.01. The lowest BCUT2D eigenvalue weighted by molar-refractivity contribution is -0.143. The van der Waals surface area contributed by atoms with Crippen molar-refractivity contribution in [1.29, 1.82) is 0 Å². The number of ketones is 1. The number of allylic oxidation sites excluding steroid dienone is 1. The summed E-state index contributed by atoms with van der Waals surface area (Å²) >= 11 is 1.66. The third-order valence-electron chi connectivity index (χ3n) is 10.7. The predicted octanol–water partition coefficient (Wildman–Crippen LogP) is 6.89. The molecule has 0 spiro atoms. The highest BCUT2D eigenvalue weighted by Gasteiger charge is 2.35. The molecule has 6 rings (SSSR count). The molecular weight excluding hydrogens is 691 g/mol. The number of likely N-dealkylation sites (N-methyl/N-ethyl adjacent to an activating group) is 1. The summed E-state index contributed by atoms with van der Waals surface area (Å²) in [5, 5.41) is 6.82. The maximum absolute atomic E-state index is 14.6. The third-order valence-corrected chi connectivity index (χ3v) is 11.9. The lowest BCUT2D eigenvalue weighted by Crippen LogP contribution is -2.50. The molecule has 0 radical (unpaired) electrons. The number of benzene rings is 4. The molecule has 0 saturated heterocycles. The minimum atomic E-state index is -0.780. The maximum atomic E-state index is 14.6. The Morgan fingerprint density at radius 1 is 0.741 bits per heavy atom. The van der Waals surface area contributed by atoms with Gasteiger partial charge in [0.25, 0.3) is 0 Å². The molecule has 282 valence electrons. The van der Waals surface area contributed by atoms with Crippen molar-refractivity contribution < 1.29 is 14.4 Å². The summed E-state index contributed by atoms with van der Waals surface area (Å²) in [4.78, 5) is 47.0. The zero-order chi connectivity index (χ0) is 37.9.